The van der Waals surface area contributed by atoms with Crippen molar-refractivity contribution in [2.75, 3.05) is 18.9 Å². The van der Waals surface area contributed by atoms with Crippen LogP contribution in [-0.4, -0.2) is 32.2 Å². The van der Waals surface area contributed by atoms with Crippen molar-refractivity contribution in [1.82, 2.24) is 4.31 Å². The second-order valence-electron chi connectivity index (χ2n) is 3.41. The standard InChI is InChI=1S/C10H12N2O3S/c1-3-12-10(13)7-5-4-6-8(11-2)9(7)16(12,14)15/h4-6,11H,3H2,1-2H3. The molecule has 0 bridgehead atoms. The molecule has 86 valence electrons. The molecule has 1 N–H and O–H groups in total. The first-order valence-corrected chi connectivity index (χ1v) is 6.36. The highest BCUT2D eigenvalue weighted by Crippen LogP contribution is 2.35. The van der Waals surface area contributed by atoms with Crippen molar-refractivity contribution in [2.24, 2.45) is 0 Å². The zero-order chi connectivity index (χ0) is 11.9. The van der Waals surface area contributed by atoms with Crippen molar-refractivity contribution in [3.8, 4) is 0 Å². The van der Waals surface area contributed by atoms with Crippen LogP contribution in [0.25, 0.3) is 0 Å². The van der Waals surface area contributed by atoms with Crippen LogP contribution in [0.1, 0.15) is 17.3 Å². The SMILES string of the molecule is CCN1C(=O)c2cccc(NC)c2S1(=O)=O. The number of carbonyl (C=O) groups is 1. The number of hydrogen-bond donors (Lipinski definition) is 1. The van der Waals surface area contributed by atoms with Crippen LogP contribution in [0.3, 0.4) is 0 Å². The zero-order valence-corrected chi connectivity index (χ0v) is 9.84. The lowest BCUT2D eigenvalue weighted by Crippen LogP contribution is -2.29. The molecule has 16 heavy (non-hydrogen) atoms. The first-order valence-electron chi connectivity index (χ1n) is 4.92. The number of fused-ring (bicyclic) bond motifs is 1. The summed E-state index contributed by atoms with van der Waals surface area (Å²) in [6.07, 6.45) is 0. The zero-order valence-electron chi connectivity index (χ0n) is 9.02. The van der Waals surface area contributed by atoms with Gasteiger partial charge in [-0.3, -0.25) is 4.79 Å². The number of anilines is 1. The highest BCUT2D eigenvalue weighted by atomic mass is 32.2. The lowest BCUT2D eigenvalue weighted by molar-refractivity contribution is 0.0876. The molecular formula is C10H12N2O3S. The lowest BCUT2D eigenvalue weighted by atomic mass is 10.2. The van der Waals surface area contributed by atoms with Crippen molar-refractivity contribution in [3.05, 3.63) is 23.8 Å². The number of benzene rings is 1. The van der Waals surface area contributed by atoms with E-state index in [1.165, 1.54) is 6.07 Å². The third-order valence-electron chi connectivity index (χ3n) is 2.58. The van der Waals surface area contributed by atoms with Crippen LogP contribution in [0, 0.1) is 0 Å². The van der Waals surface area contributed by atoms with Gasteiger partial charge in [-0.1, -0.05) is 6.07 Å². The van der Waals surface area contributed by atoms with Gasteiger partial charge in [-0.25, -0.2) is 12.7 Å². The molecule has 6 heteroatoms. The van der Waals surface area contributed by atoms with Crippen molar-refractivity contribution in [1.29, 1.82) is 0 Å². The normalized spacial score (nSPS) is 17.4. The van der Waals surface area contributed by atoms with Crippen LogP contribution in [0.5, 0.6) is 0 Å². The number of hydrogen-bond acceptors (Lipinski definition) is 4. The Bertz CT molecular complexity index is 551. The summed E-state index contributed by atoms with van der Waals surface area (Å²) in [5.74, 6) is -0.449. The molecule has 1 aliphatic heterocycles. The molecule has 0 atom stereocenters. The van der Waals surface area contributed by atoms with Gasteiger partial charge in [0.2, 0.25) is 0 Å². The molecule has 1 aromatic rings. The summed E-state index contributed by atoms with van der Waals surface area (Å²) in [5.41, 5.74) is 0.704. The quantitative estimate of drug-likeness (QED) is 0.833. The summed E-state index contributed by atoms with van der Waals surface area (Å²) in [4.78, 5) is 11.9. The Morgan fingerprint density at radius 3 is 2.62 bits per heavy atom. The molecule has 0 radical (unpaired) electrons. The van der Waals surface area contributed by atoms with Gasteiger partial charge in [-0.2, -0.15) is 0 Å². The van der Waals surface area contributed by atoms with E-state index in [0.717, 1.165) is 4.31 Å². The summed E-state index contributed by atoms with van der Waals surface area (Å²) < 4.78 is 25.0. The summed E-state index contributed by atoms with van der Waals surface area (Å²) in [6, 6.07) is 4.84. The van der Waals surface area contributed by atoms with E-state index in [1.807, 2.05) is 0 Å². The van der Waals surface area contributed by atoms with E-state index >= 15 is 0 Å². The molecule has 5 nitrogen and oxygen atoms in total. The lowest BCUT2D eigenvalue weighted by Gasteiger charge is -2.12. The van der Waals surface area contributed by atoms with Crippen LogP contribution < -0.4 is 5.32 Å². The minimum Gasteiger partial charge on any atom is -0.387 e. The van der Waals surface area contributed by atoms with E-state index in [-0.39, 0.29) is 17.0 Å². The first-order chi connectivity index (χ1) is 7.54. The largest absolute Gasteiger partial charge is 0.387 e. The topological polar surface area (TPSA) is 66.5 Å². The van der Waals surface area contributed by atoms with Gasteiger partial charge in [-0.15, -0.1) is 0 Å². The third kappa shape index (κ3) is 1.23. The molecule has 1 amide bonds. The summed E-state index contributed by atoms with van der Waals surface area (Å²) in [5, 5.41) is 2.79. The Labute approximate surface area is 94.1 Å². The van der Waals surface area contributed by atoms with Crippen molar-refractivity contribution in [2.45, 2.75) is 11.8 Å². The maximum absolute atomic E-state index is 12.1. The molecule has 0 saturated carbocycles. The summed E-state index contributed by atoms with van der Waals surface area (Å²) in [6.45, 7) is 1.79. The molecule has 0 aromatic heterocycles. The van der Waals surface area contributed by atoms with Gasteiger partial charge in [0.15, 0.2) is 0 Å². The molecule has 0 unspecified atom stereocenters. The Morgan fingerprint density at radius 1 is 1.38 bits per heavy atom. The smallest absolute Gasteiger partial charge is 0.269 e. The van der Waals surface area contributed by atoms with E-state index < -0.39 is 15.9 Å². The number of sulfonamides is 1. The van der Waals surface area contributed by atoms with Crippen molar-refractivity contribution >= 4 is 21.6 Å². The van der Waals surface area contributed by atoms with Crippen LogP contribution in [0.2, 0.25) is 0 Å². The maximum atomic E-state index is 12.1. The second kappa shape index (κ2) is 3.48. The molecule has 2 rings (SSSR count). The van der Waals surface area contributed by atoms with E-state index in [1.54, 1.807) is 26.1 Å². The van der Waals surface area contributed by atoms with Gasteiger partial charge in [0, 0.05) is 13.6 Å². The van der Waals surface area contributed by atoms with Crippen LogP contribution >= 0.6 is 0 Å². The van der Waals surface area contributed by atoms with Gasteiger partial charge in [0.1, 0.15) is 4.90 Å². The molecule has 1 heterocycles. The summed E-state index contributed by atoms with van der Waals surface area (Å²) >= 11 is 0. The second-order valence-corrected chi connectivity index (χ2v) is 5.21. The number of rotatable bonds is 2. The highest BCUT2D eigenvalue weighted by Gasteiger charge is 2.41. The number of nitrogens with zero attached hydrogens (tertiary/aromatic N) is 1. The first kappa shape index (κ1) is 10.9. The maximum Gasteiger partial charge on any atom is 0.269 e. The average molecular weight is 240 g/mol. The predicted molar refractivity (Wildman–Crippen MR) is 59.9 cm³/mol. The highest BCUT2D eigenvalue weighted by molar-refractivity contribution is 7.90. The van der Waals surface area contributed by atoms with Crippen LogP contribution in [0.4, 0.5) is 5.69 Å². The predicted octanol–water partition coefficient (Wildman–Crippen LogP) is 0.893. The van der Waals surface area contributed by atoms with E-state index in [0.29, 0.717) is 5.69 Å². The van der Waals surface area contributed by atoms with Gasteiger partial charge in [0.25, 0.3) is 15.9 Å². The van der Waals surface area contributed by atoms with Crippen LogP contribution in [-0.2, 0) is 10.0 Å². The van der Waals surface area contributed by atoms with Gasteiger partial charge in [0.05, 0.1) is 11.3 Å². The molecule has 0 saturated heterocycles. The Kier molecular flexibility index (Phi) is 2.38. The van der Waals surface area contributed by atoms with Crippen molar-refractivity contribution < 1.29 is 13.2 Å². The third-order valence-corrected chi connectivity index (χ3v) is 4.54. The molecule has 0 fully saturated rings. The fourth-order valence-electron chi connectivity index (χ4n) is 1.85. The fourth-order valence-corrected chi connectivity index (χ4v) is 3.61. The fraction of sp³-hybridized carbons (Fsp3) is 0.300. The van der Waals surface area contributed by atoms with Gasteiger partial charge < -0.3 is 5.32 Å². The summed E-state index contributed by atoms with van der Waals surface area (Å²) in [7, 11) is -2.04. The number of carbonyl (C=O) groups excluding carboxylic acids is 1. The molecule has 0 spiro atoms. The minimum absolute atomic E-state index is 0.0874. The number of nitrogens with one attached hydrogen (secondary N) is 1. The Balaban J connectivity index is 2.78. The van der Waals surface area contributed by atoms with Gasteiger partial charge in [-0.05, 0) is 19.1 Å². The Morgan fingerprint density at radius 2 is 2.06 bits per heavy atom. The minimum atomic E-state index is -3.67. The number of amides is 1. The van der Waals surface area contributed by atoms with Crippen molar-refractivity contribution in [3.63, 3.8) is 0 Å². The molecule has 0 aliphatic carbocycles. The molecule has 1 aliphatic rings. The van der Waals surface area contributed by atoms with E-state index in [9.17, 15) is 13.2 Å². The Hall–Kier alpha value is -1.56. The molecule has 1 aromatic carbocycles. The molecular weight excluding hydrogens is 228 g/mol. The monoisotopic (exact) mass is 240 g/mol. The average Bonchev–Trinajstić information content (AvgIpc) is 2.47. The van der Waals surface area contributed by atoms with E-state index in [4.69, 9.17) is 0 Å². The van der Waals surface area contributed by atoms with Gasteiger partial charge >= 0.3 is 0 Å². The van der Waals surface area contributed by atoms with Crippen LogP contribution in [0.15, 0.2) is 23.1 Å². The van der Waals surface area contributed by atoms with E-state index in [2.05, 4.69) is 5.32 Å².